The third-order valence-electron chi connectivity index (χ3n) is 4.80. The van der Waals surface area contributed by atoms with Crippen LogP contribution in [0.3, 0.4) is 0 Å². The minimum absolute atomic E-state index is 0.576. The van der Waals surface area contributed by atoms with Crippen molar-refractivity contribution in [1.29, 1.82) is 0 Å². The van der Waals surface area contributed by atoms with E-state index in [-0.39, 0.29) is 0 Å². The van der Waals surface area contributed by atoms with Crippen LogP contribution in [-0.2, 0) is 11.3 Å². The van der Waals surface area contributed by atoms with Crippen LogP contribution in [-0.4, -0.2) is 41.2 Å². The molecule has 4 rings (SSSR count). The number of fused-ring (bicyclic) bond motifs is 1. The number of hydrogen-bond donors (Lipinski definition) is 0. The summed E-state index contributed by atoms with van der Waals surface area (Å²) in [5.41, 5.74) is 2.25. The number of ether oxygens (including phenoxy) is 2. The number of halogens is 1. The van der Waals surface area contributed by atoms with Crippen molar-refractivity contribution in [2.75, 3.05) is 26.3 Å². The molecule has 0 aliphatic carbocycles. The van der Waals surface area contributed by atoms with Crippen molar-refractivity contribution in [1.82, 2.24) is 14.9 Å². The standard InChI is InChI=1S/C20H22ClN3O2S/c1-12-4-5-15(21)16(10-12)26-19-18-13(2)14(3)27-20(18)23-17(22-19)11-24-6-8-25-9-7-24/h4-5,10H,6-9,11H2,1-3H3. The fraction of sp³-hybridized carbons (Fsp3) is 0.400. The first-order valence-corrected chi connectivity index (χ1v) is 10.2. The minimum Gasteiger partial charge on any atom is -0.437 e. The van der Waals surface area contributed by atoms with Gasteiger partial charge in [0, 0.05) is 18.0 Å². The number of aryl methyl sites for hydroxylation is 3. The Balaban J connectivity index is 1.75. The molecule has 7 heteroatoms. The molecule has 2 aromatic heterocycles. The maximum atomic E-state index is 6.35. The maximum absolute atomic E-state index is 6.35. The Morgan fingerprint density at radius 3 is 2.74 bits per heavy atom. The van der Waals surface area contributed by atoms with Crippen molar-refractivity contribution in [3.05, 3.63) is 45.1 Å². The molecule has 1 aromatic carbocycles. The molecule has 142 valence electrons. The second-order valence-corrected chi connectivity index (χ2v) is 8.44. The Kier molecular flexibility index (Phi) is 5.32. The van der Waals surface area contributed by atoms with Crippen LogP contribution < -0.4 is 4.74 Å². The zero-order chi connectivity index (χ0) is 19.0. The van der Waals surface area contributed by atoms with Gasteiger partial charge in [0.2, 0.25) is 5.88 Å². The molecule has 0 N–H and O–H groups in total. The molecule has 1 aliphatic rings. The van der Waals surface area contributed by atoms with Crippen molar-refractivity contribution in [3.8, 4) is 11.6 Å². The zero-order valence-corrected chi connectivity index (χ0v) is 17.3. The van der Waals surface area contributed by atoms with E-state index in [0.717, 1.165) is 53.5 Å². The highest BCUT2D eigenvalue weighted by Gasteiger charge is 2.19. The summed E-state index contributed by atoms with van der Waals surface area (Å²) in [4.78, 5) is 14.1. The zero-order valence-electron chi connectivity index (χ0n) is 15.7. The predicted octanol–water partition coefficient (Wildman–Crippen LogP) is 4.89. The molecule has 0 radical (unpaired) electrons. The molecule has 3 aromatic rings. The fourth-order valence-electron chi connectivity index (χ4n) is 3.15. The lowest BCUT2D eigenvalue weighted by molar-refractivity contribution is 0.0330. The maximum Gasteiger partial charge on any atom is 0.231 e. The molecular weight excluding hydrogens is 382 g/mol. The Morgan fingerprint density at radius 1 is 1.19 bits per heavy atom. The summed E-state index contributed by atoms with van der Waals surface area (Å²) >= 11 is 8.03. The van der Waals surface area contributed by atoms with E-state index < -0.39 is 0 Å². The van der Waals surface area contributed by atoms with Gasteiger partial charge in [0.1, 0.15) is 16.4 Å². The number of thiophene rings is 1. The van der Waals surface area contributed by atoms with Gasteiger partial charge in [-0.3, -0.25) is 4.90 Å². The van der Waals surface area contributed by atoms with Gasteiger partial charge in [-0.1, -0.05) is 17.7 Å². The van der Waals surface area contributed by atoms with Gasteiger partial charge in [0.15, 0.2) is 0 Å². The summed E-state index contributed by atoms with van der Waals surface area (Å²) in [6.45, 7) is 10.2. The molecule has 0 spiro atoms. The van der Waals surface area contributed by atoms with E-state index in [1.165, 1.54) is 4.88 Å². The number of benzene rings is 1. The van der Waals surface area contributed by atoms with Crippen molar-refractivity contribution in [2.24, 2.45) is 0 Å². The number of aromatic nitrogens is 2. The van der Waals surface area contributed by atoms with Crippen LogP contribution in [0.1, 0.15) is 21.8 Å². The van der Waals surface area contributed by atoms with E-state index in [2.05, 4.69) is 18.7 Å². The van der Waals surface area contributed by atoms with E-state index in [4.69, 9.17) is 31.0 Å². The van der Waals surface area contributed by atoms with E-state index >= 15 is 0 Å². The Morgan fingerprint density at radius 2 is 1.96 bits per heavy atom. The number of rotatable bonds is 4. The first kappa shape index (κ1) is 18.6. The summed E-state index contributed by atoms with van der Waals surface area (Å²) in [6.07, 6.45) is 0. The summed E-state index contributed by atoms with van der Waals surface area (Å²) in [7, 11) is 0. The molecule has 0 amide bonds. The lowest BCUT2D eigenvalue weighted by Crippen LogP contribution is -2.36. The molecule has 1 aliphatic heterocycles. The van der Waals surface area contributed by atoms with Gasteiger partial charge >= 0.3 is 0 Å². The van der Waals surface area contributed by atoms with Gasteiger partial charge in [-0.15, -0.1) is 11.3 Å². The number of morpholine rings is 1. The quantitative estimate of drug-likeness (QED) is 0.620. The minimum atomic E-state index is 0.576. The lowest BCUT2D eigenvalue weighted by atomic mass is 10.2. The molecule has 5 nitrogen and oxygen atoms in total. The summed E-state index contributed by atoms with van der Waals surface area (Å²) in [5, 5.41) is 1.55. The van der Waals surface area contributed by atoms with Crippen molar-refractivity contribution >= 4 is 33.2 Å². The topological polar surface area (TPSA) is 47.5 Å². The normalized spacial score (nSPS) is 15.4. The highest BCUT2D eigenvalue weighted by Crippen LogP contribution is 2.38. The van der Waals surface area contributed by atoms with Gasteiger partial charge < -0.3 is 9.47 Å². The molecule has 1 fully saturated rings. The van der Waals surface area contributed by atoms with Crippen LogP contribution in [0, 0.1) is 20.8 Å². The molecular formula is C20H22ClN3O2S. The summed E-state index contributed by atoms with van der Waals surface area (Å²) < 4.78 is 11.6. The molecule has 27 heavy (non-hydrogen) atoms. The third kappa shape index (κ3) is 3.94. The van der Waals surface area contributed by atoms with Gasteiger partial charge in [0.25, 0.3) is 0 Å². The van der Waals surface area contributed by atoms with Crippen molar-refractivity contribution < 1.29 is 9.47 Å². The monoisotopic (exact) mass is 403 g/mol. The van der Waals surface area contributed by atoms with Gasteiger partial charge in [-0.2, -0.15) is 4.98 Å². The highest BCUT2D eigenvalue weighted by molar-refractivity contribution is 7.18. The Labute approximate surface area is 167 Å². The molecule has 0 saturated carbocycles. The van der Waals surface area contributed by atoms with E-state index in [0.29, 0.717) is 23.2 Å². The van der Waals surface area contributed by atoms with E-state index in [1.807, 2.05) is 25.1 Å². The average Bonchev–Trinajstić information content (AvgIpc) is 2.93. The van der Waals surface area contributed by atoms with Gasteiger partial charge in [-0.05, 0) is 44.0 Å². The summed E-state index contributed by atoms with van der Waals surface area (Å²) in [5.74, 6) is 1.97. The second-order valence-electron chi connectivity index (χ2n) is 6.83. The summed E-state index contributed by atoms with van der Waals surface area (Å²) in [6, 6.07) is 5.76. The van der Waals surface area contributed by atoms with Crippen LogP contribution in [0.5, 0.6) is 11.6 Å². The first-order valence-electron chi connectivity index (χ1n) is 9.02. The third-order valence-corrected chi connectivity index (χ3v) is 6.22. The van der Waals surface area contributed by atoms with Crippen LogP contribution in [0.15, 0.2) is 18.2 Å². The van der Waals surface area contributed by atoms with Crippen LogP contribution in [0.2, 0.25) is 5.02 Å². The average molecular weight is 404 g/mol. The van der Waals surface area contributed by atoms with Gasteiger partial charge in [-0.25, -0.2) is 4.98 Å². The molecule has 0 unspecified atom stereocenters. The molecule has 1 saturated heterocycles. The lowest BCUT2D eigenvalue weighted by Gasteiger charge is -2.25. The van der Waals surface area contributed by atoms with Crippen LogP contribution in [0.25, 0.3) is 10.2 Å². The van der Waals surface area contributed by atoms with E-state index in [1.54, 1.807) is 11.3 Å². The smallest absolute Gasteiger partial charge is 0.231 e. The highest BCUT2D eigenvalue weighted by atomic mass is 35.5. The predicted molar refractivity (Wildman–Crippen MR) is 109 cm³/mol. The molecule has 0 bridgehead atoms. The van der Waals surface area contributed by atoms with Gasteiger partial charge in [0.05, 0.1) is 30.2 Å². The SMILES string of the molecule is Cc1ccc(Cl)c(Oc2nc(CN3CCOCC3)nc3sc(C)c(C)c23)c1. The Bertz CT molecular complexity index is 983. The molecule has 0 atom stereocenters. The number of hydrogen-bond acceptors (Lipinski definition) is 6. The first-order chi connectivity index (χ1) is 13.0. The van der Waals surface area contributed by atoms with Crippen molar-refractivity contribution in [2.45, 2.75) is 27.3 Å². The molecule has 3 heterocycles. The van der Waals surface area contributed by atoms with Crippen molar-refractivity contribution in [3.63, 3.8) is 0 Å². The number of nitrogens with zero attached hydrogens (tertiary/aromatic N) is 3. The largest absolute Gasteiger partial charge is 0.437 e. The van der Waals surface area contributed by atoms with Crippen LogP contribution in [0.4, 0.5) is 0 Å². The van der Waals surface area contributed by atoms with Crippen LogP contribution >= 0.6 is 22.9 Å². The Hall–Kier alpha value is -1.73. The van der Waals surface area contributed by atoms with E-state index in [9.17, 15) is 0 Å². The second kappa shape index (κ2) is 7.72. The fourth-order valence-corrected chi connectivity index (χ4v) is 4.35.